The van der Waals surface area contributed by atoms with Crippen LogP contribution in [0.25, 0.3) is 83.3 Å². The molecule has 0 N–H and O–H groups in total. The molecular formula is C62H51N. The molecule has 1 nitrogen and oxygen atoms in total. The van der Waals surface area contributed by atoms with Crippen LogP contribution in [0.5, 0.6) is 0 Å². The number of allylic oxidation sites excluding steroid dienone is 9. The van der Waals surface area contributed by atoms with Crippen molar-refractivity contribution in [3.63, 3.8) is 0 Å². The summed E-state index contributed by atoms with van der Waals surface area (Å²) in [6, 6.07) is 47.0. The molecule has 7 aromatic carbocycles. The van der Waals surface area contributed by atoms with E-state index in [9.17, 15) is 0 Å². The second-order valence-electron chi connectivity index (χ2n) is 19.3. The minimum atomic E-state index is 0.308. The van der Waals surface area contributed by atoms with E-state index in [2.05, 4.69) is 184 Å². The maximum Gasteiger partial charge on any atom is 0.0580 e. The lowest BCUT2D eigenvalue weighted by molar-refractivity contribution is 0.694. The highest BCUT2D eigenvalue weighted by atomic mass is 15.0. The van der Waals surface area contributed by atoms with E-state index >= 15 is 0 Å². The first-order chi connectivity index (χ1) is 30.9. The molecule has 0 fully saturated rings. The lowest BCUT2D eigenvalue weighted by Crippen LogP contribution is -2.11. The predicted molar refractivity (Wildman–Crippen MR) is 268 cm³/mol. The molecule has 1 heteroatoms. The van der Waals surface area contributed by atoms with Gasteiger partial charge >= 0.3 is 0 Å². The van der Waals surface area contributed by atoms with Crippen molar-refractivity contribution in [3.8, 4) is 33.4 Å². The Morgan fingerprint density at radius 1 is 0.619 bits per heavy atom. The lowest BCUT2D eigenvalue weighted by atomic mass is 9.77. The maximum atomic E-state index is 2.68. The van der Waals surface area contributed by atoms with Crippen molar-refractivity contribution in [3.05, 3.63) is 207 Å². The number of rotatable bonds is 4. The van der Waals surface area contributed by atoms with Crippen LogP contribution in [0.4, 0.5) is 0 Å². The molecule has 13 rings (SSSR count). The topological polar surface area (TPSA) is 4.93 Å². The molecule has 5 aliphatic rings. The molecule has 63 heavy (non-hydrogen) atoms. The minimum Gasteiger partial charge on any atom is -0.312 e. The summed E-state index contributed by atoms with van der Waals surface area (Å²) in [5.74, 6) is 0.844. The van der Waals surface area contributed by atoms with Crippen LogP contribution in [-0.2, 0) is 19.3 Å². The molecule has 0 bridgehead atoms. The summed E-state index contributed by atoms with van der Waals surface area (Å²) in [6.45, 7) is 9.17. The maximum absolute atomic E-state index is 2.68. The van der Waals surface area contributed by atoms with E-state index in [0.717, 1.165) is 32.1 Å². The zero-order valence-corrected chi connectivity index (χ0v) is 36.8. The molecule has 0 spiro atoms. The van der Waals surface area contributed by atoms with Gasteiger partial charge in [0, 0.05) is 22.4 Å². The first-order valence-corrected chi connectivity index (χ1v) is 23.3. The minimum absolute atomic E-state index is 0.308. The van der Waals surface area contributed by atoms with Crippen molar-refractivity contribution in [2.45, 2.75) is 72.1 Å². The number of benzene rings is 7. The van der Waals surface area contributed by atoms with Gasteiger partial charge in [-0.25, -0.2) is 0 Å². The van der Waals surface area contributed by atoms with Crippen LogP contribution in [0, 0.1) is 19.8 Å². The fourth-order valence-electron chi connectivity index (χ4n) is 12.1. The van der Waals surface area contributed by atoms with Crippen LogP contribution >= 0.6 is 0 Å². The number of hydrogen-bond acceptors (Lipinski definition) is 0. The summed E-state index contributed by atoms with van der Waals surface area (Å²) in [5, 5.41) is 5.45. The van der Waals surface area contributed by atoms with E-state index in [1.54, 1.807) is 0 Å². The van der Waals surface area contributed by atoms with E-state index in [0.29, 0.717) is 11.8 Å². The SMILES string of the molecule is CC1=C(C2=CC(c3ccc4c(c3)CC3C(=C4)n4c5cc6ccc(-c7ccc(C)c(-c8ccccc8C)c7)cc6cc5c5c6c(cc3c54)-c3ccccc3CC6)=CC[C@@H]2C)C=CCC1. The van der Waals surface area contributed by atoms with E-state index in [4.69, 9.17) is 0 Å². The Bertz CT molecular complexity index is 3490. The molecule has 8 aromatic rings. The van der Waals surface area contributed by atoms with Gasteiger partial charge in [-0.1, -0.05) is 128 Å². The van der Waals surface area contributed by atoms with Crippen LogP contribution in [0.15, 0.2) is 162 Å². The van der Waals surface area contributed by atoms with E-state index in [1.807, 2.05) is 0 Å². The third kappa shape index (κ3) is 5.61. The third-order valence-electron chi connectivity index (χ3n) is 15.6. The Balaban J connectivity index is 0.968. The zero-order valence-electron chi connectivity index (χ0n) is 36.8. The number of aromatic nitrogens is 1. The molecule has 2 atom stereocenters. The molecule has 1 unspecified atom stereocenters. The summed E-state index contributed by atoms with van der Waals surface area (Å²) in [5.41, 5.74) is 29.4. The highest BCUT2D eigenvalue weighted by Crippen LogP contribution is 2.55. The first kappa shape index (κ1) is 36.9. The van der Waals surface area contributed by atoms with Crippen LogP contribution in [0.3, 0.4) is 0 Å². The van der Waals surface area contributed by atoms with Crippen molar-refractivity contribution >= 4 is 49.9 Å². The molecular weight excluding hydrogens is 759 g/mol. The Kier molecular flexibility index (Phi) is 8.14. The van der Waals surface area contributed by atoms with Crippen molar-refractivity contribution < 1.29 is 0 Å². The summed E-state index contributed by atoms with van der Waals surface area (Å²) in [7, 11) is 0. The van der Waals surface area contributed by atoms with Crippen LogP contribution in [0.1, 0.15) is 83.5 Å². The van der Waals surface area contributed by atoms with Crippen molar-refractivity contribution in [1.82, 2.24) is 4.57 Å². The van der Waals surface area contributed by atoms with Crippen molar-refractivity contribution in [1.29, 1.82) is 0 Å². The number of hydrogen-bond donors (Lipinski definition) is 0. The number of nitrogens with zero attached hydrogens (tertiary/aromatic N) is 1. The Morgan fingerprint density at radius 3 is 2.32 bits per heavy atom. The molecule has 1 aliphatic heterocycles. The van der Waals surface area contributed by atoms with Gasteiger partial charge in [-0.2, -0.15) is 0 Å². The summed E-state index contributed by atoms with van der Waals surface area (Å²) >= 11 is 0. The van der Waals surface area contributed by atoms with Crippen LogP contribution < -0.4 is 0 Å². The molecule has 0 saturated heterocycles. The average Bonchev–Trinajstić information content (AvgIpc) is 3.81. The van der Waals surface area contributed by atoms with Gasteiger partial charge in [0.05, 0.1) is 11.0 Å². The van der Waals surface area contributed by atoms with Gasteiger partial charge in [-0.05, 0) is 207 Å². The fourth-order valence-corrected chi connectivity index (χ4v) is 12.1. The zero-order chi connectivity index (χ0) is 42.1. The monoisotopic (exact) mass is 809 g/mol. The summed E-state index contributed by atoms with van der Waals surface area (Å²) in [4.78, 5) is 0. The van der Waals surface area contributed by atoms with E-state index in [1.165, 1.54) is 145 Å². The second-order valence-corrected chi connectivity index (χ2v) is 19.3. The molecule has 2 heterocycles. The average molecular weight is 810 g/mol. The quantitative estimate of drug-likeness (QED) is 0.167. The van der Waals surface area contributed by atoms with Gasteiger partial charge < -0.3 is 4.57 Å². The Hall–Kier alpha value is -6.70. The van der Waals surface area contributed by atoms with Gasteiger partial charge in [0.2, 0.25) is 0 Å². The molecule has 4 aliphatic carbocycles. The van der Waals surface area contributed by atoms with Crippen LogP contribution in [-0.4, -0.2) is 4.57 Å². The normalized spacial score (nSPS) is 18.6. The molecule has 0 saturated carbocycles. The van der Waals surface area contributed by atoms with Gasteiger partial charge in [-0.3, -0.25) is 0 Å². The second kappa shape index (κ2) is 13.9. The standard InChI is InChI=1S/C62H51N/c1-36-11-5-8-14-49(36)53-29-43(19-17-38(53)3)41-21-23-45-33-59-56(31-47(45)27-41)57-35-55-51-16-10-7-13-40(51)25-26-52(55)61-58-32-48-28-42(22-24-46(48)34-60(58)63(59)62(57)61)44-20-18-39(4)54(30-44)50-15-9-6-12-37(50)2/h6-10,12-16,18-24,27-30,32-35,38,56H,5,11,17,25-26,31H2,1-4H3/t38-,56?/m0/s1. The Morgan fingerprint density at radius 2 is 1.43 bits per heavy atom. The van der Waals surface area contributed by atoms with Crippen LogP contribution in [0.2, 0.25) is 0 Å². The third-order valence-corrected chi connectivity index (χ3v) is 15.6. The largest absolute Gasteiger partial charge is 0.312 e. The van der Waals surface area contributed by atoms with E-state index < -0.39 is 0 Å². The smallest absolute Gasteiger partial charge is 0.0580 e. The molecule has 0 radical (unpaired) electrons. The highest BCUT2D eigenvalue weighted by Gasteiger charge is 2.38. The highest BCUT2D eigenvalue weighted by molar-refractivity contribution is 6.20. The fraction of sp³-hybridized carbons (Fsp3) is 0.194. The first-order valence-electron chi connectivity index (χ1n) is 23.3. The molecule has 1 aromatic heterocycles. The molecule has 304 valence electrons. The summed E-state index contributed by atoms with van der Waals surface area (Å²) in [6.07, 6.45) is 18.8. The van der Waals surface area contributed by atoms with Gasteiger partial charge in [0.1, 0.15) is 0 Å². The lowest BCUT2D eigenvalue weighted by Gasteiger charge is -2.27. The number of aryl methyl sites for hydroxylation is 4. The number of fused-ring (bicyclic) bond motifs is 12. The van der Waals surface area contributed by atoms with Gasteiger partial charge in [-0.15, -0.1) is 0 Å². The van der Waals surface area contributed by atoms with Gasteiger partial charge in [0.15, 0.2) is 0 Å². The van der Waals surface area contributed by atoms with E-state index in [-0.39, 0.29) is 0 Å². The Labute approximate surface area is 371 Å². The molecule has 0 amide bonds. The summed E-state index contributed by atoms with van der Waals surface area (Å²) < 4.78 is 2.68. The van der Waals surface area contributed by atoms with Gasteiger partial charge in [0.25, 0.3) is 0 Å². The predicted octanol–water partition coefficient (Wildman–Crippen LogP) is 16.3. The van der Waals surface area contributed by atoms with Crippen molar-refractivity contribution in [2.24, 2.45) is 5.92 Å². The van der Waals surface area contributed by atoms with Crippen molar-refractivity contribution in [2.75, 3.05) is 0 Å².